The third kappa shape index (κ3) is 3.60. The lowest BCUT2D eigenvalue weighted by Gasteiger charge is -2.36. The van der Waals surface area contributed by atoms with Gasteiger partial charge < -0.3 is 28.4 Å². The van der Waals surface area contributed by atoms with Gasteiger partial charge in [0, 0.05) is 45.1 Å². The van der Waals surface area contributed by atoms with E-state index in [0.717, 1.165) is 35.6 Å². The Morgan fingerprint density at radius 2 is 1.67 bits per heavy atom. The van der Waals surface area contributed by atoms with E-state index in [1.54, 1.807) is 17.7 Å². The molecule has 0 aliphatic carbocycles. The van der Waals surface area contributed by atoms with Crippen LogP contribution in [-0.4, -0.2) is 66.3 Å². The number of benzene rings is 1. The summed E-state index contributed by atoms with van der Waals surface area (Å²) in [4.78, 5) is 29.4. The average molecular weight is 410 g/mol. The molecule has 1 aromatic carbocycles. The zero-order chi connectivity index (χ0) is 21.3. The summed E-state index contributed by atoms with van der Waals surface area (Å²) in [7, 11) is 4.91. The van der Waals surface area contributed by atoms with Crippen molar-refractivity contribution >= 4 is 28.6 Å². The van der Waals surface area contributed by atoms with Gasteiger partial charge >= 0.3 is 5.97 Å². The number of aromatic nitrogens is 2. The fourth-order valence-electron chi connectivity index (χ4n) is 3.96. The lowest BCUT2D eigenvalue weighted by Crippen LogP contribution is -2.49. The minimum atomic E-state index is -0.441. The Kier molecular flexibility index (Phi) is 5.39. The highest BCUT2D eigenvalue weighted by molar-refractivity contribution is 5.96. The quantitative estimate of drug-likeness (QED) is 0.603. The third-order valence-electron chi connectivity index (χ3n) is 5.71. The zero-order valence-electron chi connectivity index (χ0n) is 17.5. The van der Waals surface area contributed by atoms with Crippen molar-refractivity contribution in [2.24, 2.45) is 7.05 Å². The molecule has 1 aliphatic rings. The molecule has 4 rings (SSSR count). The van der Waals surface area contributed by atoms with Gasteiger partial charge in [0.1, 0.15) is 18.0 Å². The van der Waals surface area contributed by atoms with Gasteiger partial charge in [-0.15, -0.1) is 0 Å². The molecule has 8 nitrogen and oxygen atoms in total. The number of rotatable bonds is 5. The molecule has 30 heavy (non-hydrogen) atoms. The fourth-order valence-corrected chi connectivity index (χ4v) is 3.96. The molecule has 0 bridgehead atoms. The number of piperazine rings is 1. The van der Waals surface area contributed by atoms with Gasteiger partial charge in [0.25, 0.3) is 0 Å². The molecule has 2 aromatic heterocycles. The van der Waals surface area contributed by atoms with Crippen LogP contribution < -0.4 is 9.64 Å². The predicted molar refractivity (Wildman–Crippen MR) is 114 cm³/mol. The molecule has 1 aliphatic heterocycles. The molecule has 0 N–H and O–H groups in total. The number of carbonyl (C=O) groups excluding carboxylic acids is 2. The van der Waals surface area contributed by atoms with Crippen LogP contribution in [0, 0.1) is 0 Å². The van der Waals surface area contributed by atoms with E-state index in [0.29, 0.717) is 18.8 Å². The highest BCUT2D eigenvalue weighted by Gasteiger charge is 2.25. The minimum absolute atomic E-state index is 0.00381. The van der Waals surface area contributed by atoms with Crippen LogP contribution in [0.4, 0.5) is 5.69 Å². The molecule has 3 heterocycles. The number of ether oxygens (including phenoxy) is 2. The number of methoxy groups -OCH3 is 2. The van der Waals surface area contributed by atoms with Crippen molar-refractivity contribution in [3.05, 3.63) is 48.3 Å². The van der Waals surface area contributed by atoms with Crippen LogP contribution in [0.3, 0.4) is 0 Å². The third-order valence-corrected chi connectivity index (χ3v) is 5.71. The second-order valence-electron chi connectivity index (χ2n) is 7.37. The summed E-state index contributed by atoms with van der Waals surface area (Å²) in [6.07, 6.45) is 1.92. The molecule has 0 spiro atoms. The largest absolute Gasteiger partial charge is 0.497 e. The molecule has 158 valence electrons. The van der Waals surface area contributed by atoms with Crippen LogP contribution in [0.5, 0.6) is 5.75 Å². The minimum Gasteiger partial charge on any atom is -0.497 e. The van der Waals surface area contributed by atoms with Crippen molar-refractivity contribution in [3.63, 3.8) is 0 Å². The summed E-state index contributed by atoms with van der Waals surface area (Å²) in [6.45, 7) is 2.90. The van der Waals surface area contributed by atoms with Crippen LogP contribution in [0.25, 0.3) is 11.0 Å². The number of fused-ring (bicyclic) bond motifs is 1. The van der Waals surface area contributed by atoms with Crippen molar-refractivity contribution in [2.45, 2.75) is 6.54 Å². The number of hydrogen-bond donors (Lipinski definition) is 0. The summed E-state index contributed by atoms with van der Waals surface area (Å²) in [5.41, 5.74) is 3.26. The summed E-state index contributed by atoms with van der Waals surface area (Å²) < 4.78 is 13.8. The van der Waals surface area contributed by atoms with Gasteiger partial charge in [0.2, 0.25) is 5.91 Å². The summed E-state index contributed by atoms with van der Waals surface area (Å²) in [5.74, 6) is 0.382. The van der Waals surface area contributed by atoms with Gasteiger partial charge in [0.05, 0.1) is 25.3 Å². The maximum atomic E-state index is 13.0. The molecule has 0 radical (unpaired) electrons. The first-order valence-corrected chi connectivity index (χ1v) is 9.91. The van der Waals surface area contributed by atoms with Crippen molar-refractivity contribution in [1.82, 2.24) is 14.0 Å². The maximum absolute atomic E-state index is 13.0. The Hall–Kier alpha value is -3.42. The Bertz CT molecular complexity index is 1060. The normalized spacial score (nSPS) is 14.2. The molecule has 3 aromatic rings. The lowest BCUT2D eigenvalue weighted by atomic mass is 10.2. The standard InChI is InChI=1S/C22H26N4O4/c1-23-9-8-18-19(23)14-20(22(28)30-3)26(18)15-21(27)25-12-10-24(11-13-25)16-4-6-17(29-2)7-5-16/h4-9,14H,10-13,15H2,1-3H3. The highest BCUT2D eigenvalue weighted by Crippen LogP contribution is 2.23. The molecule has 8 heteroatoms. The first kappa shape index (κ1) is 19.9. The first-order valence-electron chi connectivity index (χ1n) is 9.91. The van der Waals surface area contributed by atoms with Gasteiger partial charge in [-0.25, -0.2) is 4.79 Å². The predicted octanol–water partition coefficient (Wildman–Crippen LogP) is 2.12. The Morgan fingerprint density at radius 3 is 2.30 bits per heavy atom. The summed E-state index contributed by atoms with van der Waals surface area (Å²) >= 11 is 0. The van der Waals surface area contributed by atoms with E-state index in [9.17, 15) is 9.59 Å². The van der Waals surface area contributed by atoms with Gasteiger partial charge in [-0.05, 0) is 36.4 Å². The summed E-state index contributed by atoms with van der Waals surface area (Å²) in [6, 6.07) is 11.6. The maximum Gasteiger partial charge on any atom is 0.354 e. The molecule has 0 atom stereocenters. The molecule has 1 saturated heterocycles. The zero-order valence-corrected chi connectivity index (χ0v) is 17.5. The first-order chi connectivity index (χ1) is 14.5. The van der Waals surface area contributed by atoms with Crippen molar-refractivity contribution in [2.75, 3.05) is 45.3 Å². The SMILES string of the molecule is COC(=O)c1cc2c(ccn2C)n1CC(=O)N1CCN(c2ccc(OC)cc2)CC1. The van der Waals surface area contributed by atoms with E-state index in [4.69, 9.17) is 9.47 Å². The number of aryl methyl sites for hydroxylation is 1. The average Bonchev–Trinajstić information content (AvgIpc) is 3.33. The van der Waals surface area contributed by atoms with Crippen LogP contribution >= 0.6 is 0 Å². The molecule has 1 fully saturated rings. The Balaban J connectivity index is 1.45. The smallest absolute Gasteiger partial charge is 0.354 e. The van der Waals surface area contributed by atoms with Crippen molar-refractivity contribution < 1.29 is 19.1 Å². The van der Waals surface area contributed by atoms with E-state index in [2.05, 4.69) is 4.90 Å². The lowest BCUT2D eigenvalue weighted by molar-refractivity contribution is -0.132. The van der Waals surface area contributed by atoms with E-state index < -0.39 is 5.97 Å². The number of anilines is 1. The molecule has 1 amide bonds. The Labute approximate surface area is 175 Å². The second-order valence-corrected chi connectivity index (χ2v) is 7.37. The van der Waals surface area contributed by atoms with Gasteiger partial charge in [-0.2, -0.15) is 0 Å². The number of amides is 1. The van der Waals surface area contributed by atoms with Gasteiger partial charge in [-0.1, -0.05) is 0 Å². The number of esters is 1. The molecule has 0 saturated carbocycles. The Morgan fingerprint density at radius 1 is 0.967 bits per heavy atom. The van der Waals surface area contributed by atoms with Gasteiger partial charge in [0.15, 0.2) is 0 Å². The van der Waals surface area contributed by atoms with Crippen molar-refractivity contribution in [1.29, 1.82) is 0 Å². The van der Waals surface area contributed by atoms with Crippen LogP contribution in [0.2, 0.25) is 0 Å². The van der Waals surface area contributed by atoms with Crippen LogP contribution in [0.15, 0.2) is 42.6 Å². The highest BCUT2D eigenvalue weighted by atomic mass is 16.5. The van der Waals surface area contributed by atoms with Crippen LogP contribution in [0.1, 0.15) is 10.5 Å². The van der Waals surface area contributed by atoms with Crippen LogP contribution in [-0.2, 0) is 23.1 Å². The topological polar surface area (TPSA) is 68.9 Å². The van der Waals surface area contributed by atoms with E-state index >= 15 is 0 Å². The molecular weight excluding hydrogens is 384 g/mol. The molecular formula is C22H26N4O4. The number of hydrogen-bond acceptors (Lipinski definition) is 5. The molecule has 0 unspecified atom stereocenters. The second kappa shape index (κ2) is 8.14. The number of carbonyl (C=O) groups is 2. The number of nitrogens with zero attached hydrogens (tertiary/aromatic N) is 4. The monoisotopic (exact) mass is 410 g/mol. The van der Waals surface area contributed by atoms with E-state index in [1.165, 1.54) is 7.11 Å². The van der Waals surface area contributed by atoms with Gasteiger partial charge in [-0.3, -0.25) is 4.79 Å². The van der Waals surface area contributed by atoms with Crippen molar-refractivity contribution in [3.8, 4) is 5.75 Å². The fraction of sp³-hybridized carbons (Fsp3) is 0.364. The van der Waals surface area contributed by atoms with E-state index in [1.807, 2.05) is 53.0 Å². The van der Waals surface area contributed by atoms with E-state index in [-0.39, 0.29) is 12.5 Å². The summed E-state index contributed by atoms with van der Waals surface area (Å²) in [5, 5.41) is 0.